The van der Waals surface area contributed by atoms with Crippen LogP contribution in [0.5, 0.6) is 0 Å². The SMILES string of the molecule is CC(C)c1ccc(Cn2ccc(=O)[nH]c2=S)cc1. The van der Waals surface area contributed by atoms with Gasteiger partial charge in [-0.2, -0.15) is 0 Å². The average Bonchev–Trinajstić information content (AvgIpc) is 2.33. The molecule has 94 valence electrons. The van der Waals surface area contributed by atoms with Crippen molar-refractivity contribution < 1.29 is 0 Å². The third-order valence-electron chi connectivity index (χ3n) is 2.90. The number of benzene rings is 1. The number of aromatic amines is 1. The first kappa shape index (κ1) is 12.8. The summed E-state index contributed by atoms with van der Waals surface area (Å²) in [6.45, 7) is 5.02. The average molecular weight is 260 g/mol. The van der Waals surface area contributed by atoms with Crippen molar-refractivity contribution in [2.75, 3.05) is 0 Å². The lowest BCUT2D eigenvalue weighted by Crippen LogP contribution is -2.11. The van der Waals surface area contributed by atoms with Crippen molar-refractivity contribution in [3.8, 4) is 0 Å². The van der Waals surface area contributed by atoms with Gasteiger partial charge in [-0.15, -0.1) is 0 Å². The smallest absolute Gasteiger partial charge is 0.251 e. The standard InChI is InChI=1S/C14H16N2OS/c1-10(2)12-5-3-11(4-6-12)9-16-8-7-13(17)15-14(16)18/h3-8,10H,9H2,1-2H3,(H,15,17,18). The highest BCUT2D eigenvalue weighted by atomic mass is 32.1. The third kappa shape index (κ3) is 2.96. The molecule has 2 rings (SSSR count). The number of aromatic nitrogens is 2. The predicted octanol–water partition coefficient (Wildman–Crippen LogP) is 3.08. The number of rotatable bonds is 3. The van der Waals surface area contributed by atoms with Gasteiger partial charge in [0.05, 0.1) is 0 Å². The van der Waals surface area contributed by atoms with Crippen molar-refractivity contribution in [3.05, 3.63) is 62.8 Å². The Kier molecular flexibility index (Phi) is 3.77. The highest BCUT2D eigenvalue weighted by Crippen LogP contribution is 2.15. The molecule has 0 aliphatic carbocycles. The number of H-pyrrole nitrogens is 1. The molecule has 0 bridgehead atoms. The summed E-state index contributed by atoms with van der Waals surface area (Å²) in [5.74, 6) is 0.536. The van der Waals surface area contributed by atoms with Gasteiger partial charge in [0.25, 0.3) is 5.56 Å². The summed E-state index contributed by atoms with van der Waals surface area (Å²) in [7, 11) is 0. The van der Waals surface area contributed by atoms with E-state index in [0.717, 1.165) is 0 Å². The Morgan fingerprint density at radius 1 is 1.22 bits per heavy atom. The zero-order chi connectivity index (χ0) is 13.1. The maximum Gasteiger partial charge on any atom is 0.251 e. The zero-order valence-electron chi connectivity index (χ0n) is 10.5. The molecule has 2 aromatic rings. The Hall–Kier alpha value is -1.68. The number of nitrogens with zero attached hydrogens (tertiary/aromatic N) is 1. The highest BCUT2D eigenvalue weighted by Gasteiger charge is 2.00. The van der Waals surface area contributed by atoms with Gasteiger partial charge < -0.3 is 4.57 Å². The Labute approximate surface area is 111 Å². The maximum absolute atomic E-state index is 11.1. The summed E-state index contributed by atoms with van der Waals surface area (Å²) in [6, 6.07) is 9.95. The minimum Gasteiger partial charge on any atom is -0.321 e. The van der Waals surface area contributed by atoms with Crippen LogP contribution in [-0.2, 0) is 6.54 Å². The molecule has 4 heteroatoms. The fourth-order valence-electron chi connectivity index (χ4n) is 1.77. The quantitative estimate of drug-likeness (QED) is 0.861. The van der Waals surface area contributed by atoms with Crippen molar-refractivity contribution in [2.24, 2.45) is 0 Å². The molecule has 1 aromatic heterocycles. The van der Waals surface area contributed by atoms with Crippen LogP contribution in [0.15, 0.2) is 41.3 Å². The minimum atomic E-state index is -0.161. The van der Waals surface area contributed by atoms with Crippen molar-refractivity contribution in [2.45, 2.75) is 26.3 Å². The van der Waals surface area contributed by atoms with Crippen molar-refractivity contribution in [1.82, 2.24) is 9.55 Å². The van der Waals surface area contributed by atoms with E-state index in [-0.39, 0.29) is 5.56 Å². The van der Waals surface area contributed by atoms with E-state index in [0.29, 0.717) is 17.2 Å². The third-order valence-corrected chi connectivity index (χ3v) is 3.23. The largest absolute Gasteiger partial charge is 0.321 e. The van der Waals surface area contributed by atoms with E-state index >= 15 is 0 Å². The number of hydrogen-bond donors (Lipinski definition) is 1. The van der Waals surface area contributed by atoms with Gasteiger partial charge in [0.2, 0.25) is 0 Å². The topological polar surface area (TPSA) is 37.8 Å². The summed E-state index contributed by atoms with van der Waals surface area (Å²) in [6.07, 6.45) is 1.72. The Bertz CT molecular complexity index is 638. The molecule has 0 unspecified atom stereocenters. The maximum atomic E-state index is 11.1. The molecule has 1 heterocycles. The lowest BCUT2D eigenvalue weighted by atomic mass is 10.0. The molecule has 0 amide bonds. The Balaban J connectivity index is 2.23. The van der Waals surface area contributed by atoms with Gasteiger partial charge in [-0.05, 0) is 29.3 Å². The molecule has 18 heavy (non-hydrogen) atoms. The molecule has 3 nitrogen and oxygen atoms in total. The molecular weight excluding hydrogens is 244 g/mol. The fourth-order valence-corrected chi connectivity index (χ4v) is 2.00. The molecule has 1 N–H and O–H groups in total. The molecule has 0 aliphatic heterocycles. The minimum absolute atomic E-state index is 0.161. The summed E-state index contributed by atoms with van der Waals surface area (Å²) < 4.78 is 2.30. The second-order valence-corrected chi connectivity index (χ2v) is 5.02. The van der Waals surface area contributed by atoms with Crippen molar-refractivity contribution in [1.29, 1.82) is 0 Å². The van der Waals surface area contributed by atoms with Crippen LogP contribution in [0.25, 0.3) is 0 Å². The van der Waals surface area contributed by atoms with Gasteiger partial charge >= 0.3 is 0 Å². The predicted molar refractivity (Wildman–Crippen MR) is 75.5 cm³/mol. The van der Waals surface area contributed by atoms with Crippen LogP contribution in [0, 0.1) is 4.77 Å². The summed E-state index contributed by atoms with van der Waals surface area (Å²) in [5.41, 5.74) is 2.33. The molecule has 0 atom stereocenters. The normalized spacial score (nSPS) is 10.8. The van der Waals surface area contributed by atoms with Gasteiger partial charge in [-0.25, -0.2) is 0 Å². The van der Waals surface area contributed by atoms with Crippen LogP contribution >= 0.6 is 12.2 Å². The first-order valence-electron chi connectivity index (χ1n) is 5.95. The van der Waals surface area contributed by atoms with Crippen molar-refractivity contribution >= 4 is 12.2 Å². The molecule has 1 aromatic carbocycles. The van der Waals surface area contributed by atoms with Gasteiger partial charge in [0.1, 0.15) is 0 Å². The zero-order valence-corrected chi connectivity index (χ0v) is 11.3. The van der Waals surface area contributed by atoms with E-state index in [1.165, 1.54) is 17.2 Å². The van der Waals surface area contributed by atoms with Crippen LogP contribution < -0.4 is 5.56 Å². The molecule has 0 saturated carbocycles. The van der Waals surface area contributed by atoms with E-state index in [2.05, 4.69) is 43.1 Å². The van der Waals surface area contributed by atoms with E-state index < -0.39 is 0 Å². The molecular formula is C14H16N2OS. The first-order valence-corrected chi connectivity index (χ1v) is 6.35. The van der Waals surface area contributed by atoms with Gasteiger partial charge in [0.15, 0.2) is 4.77 Å². The van der Waals surface area contributed by atoms with E-state index in [1.54, 1.807) is 6.20 Å². The second-order valence-electron chi connectivity index (χ2n) is 4.63. The fraction of sp³-hybridized carbons (Fsp3) is 0.286. The summed E-state index contributed by atoms with van der Waals surface area (Å²) in [5, 5.41) is 0. The monoisotopic (exact) mass is 260 g/mol. The number of hydrogen-bond acceptors (Lipinski definition) is 2. The second kappa shape index (κ2) is 5.31. The van der Waals surface area contributed by atoms with Gasteiger partial charge in [-0.3, -0.25) is 9.78 Å². The van der Waals surface area contributed by atoms with E-state index in [4.69, 9.17) is 12.2 Å². The summed E-state index contributed by atoms with van der Waals surface area (Å²) in [4.78, 5) is 13.7. The highest BCUT2D eigenvalue weighted by molar-refractivity contribution is 7.71. The lowest BCUT2D eigenvalue weighted by molar-refractivity contribution is 0.744. The Morgan fingerprint density at radius 3 is 2.44 bits per heavy atom. The van der Waals surface area contributed by atoms with E-state index in [9.17, 15) is 4.79 Å². The van der Waals surface area contributed by atoms with Gasteiger partial charge in [0, 0.05) is 18.8 Å². The van der Waals surface area contributed by atoms with Gasteiger partial charge in [-0.1, -0.05) is 38.1 Å². The van der Waals surface area contributed by atoms with Crippen LogP contribution in [0.3, 0.4) is 0 Å². The van der Waals surface area contributed by atoms with Crippen LogP contribution in [0.1, 0.15) is 30.9 Å². The lowest BCUT2D eigenvalue weighted by Gasteiger charge is -2.09. The molecule has 0 aliphatic rings. The number of nitrogens with one attached hydrogen (secondary N) is 1. The summed E-state index contributed by atoms with van der Waals surface area (Å²) >= 11 is 5.11. The molecule has 0 fully saturated rings. The Morgan fingerprint density at radius 2 is 1.89 bits per heavy atom. The molecule has 0 spiro atoms. The molecule has 0 radical (unpaired) electrons. The van der Waals surface area contributed by atoms with E-state index in [1.807, 2.05) is 4.57 Å². The van der Waals surface area contributed by atoms with Crippen molar-refractivity contribution in [3.63, 3.8) is 0 Å². The first-order chi connectivity index (χ1) is 8.56. The van der Waals surface area contributed by atoms with Crippen LogP contribution in [0.4, 0.5) is 0 Å². The molecule has 0 saturated heterocycles. The van der Waals surface area contributed by atoms with Crippen LogP contribution in [-0.4, -0.2) is 9.55 Å². The van der Waals surface area contributed by atoms with Crippen LogP contribution in [0.2, 0.25) is 0 Å².